The Hall–Kier alpha value is -0.0831. The molecule has 1 aromatic carbocycles. The van der Waals surface area contributed by atoms with Crippen molar-refractivity contribution in [1.82, 2.24) is 0 Å². The normalized spacial score (nSPS) is 31.6. The first-order valence-corrected chi connectivity index (χ1v) is 9.48. The summed E-state index contributed by atoms with van der Waals surface area (Å²) in [5, 5.41) is 0. The molecule has 0 unspecified atom stereocenters. The molecule has 1 fully saturated rings. The van der Waals surface area contributed by atoms with E-state index in [1.807, 2.05) is 0 Å². The third-order valence-corrected chi connectivity index (χ3v) is 10.8. The first-order chi connectivity index (χ1) is 6.45. The molecule has 76 valence electrons. The lowest BCUT2D eigenvalue weighted by atomic mass is 10.1. The van der Waals surface area contributed by atoms with Crippen molar-refractivity contribution in [2.45, 2.75) is 35.9 Å². The Morgan fingerprint density at radius 1 is 1.21 bits per heavy atom. The minimum atomic E-state index is -1.08. The van der Waals surface area contributed by atoms with E-state index in [-0.39, 0.29) is 0 Å². The van der Waals surface area contributed by atoms with E-state index in [0.29, 0.717) is 3.95 Å². The molecule has 1 aromatic rings. The Bertz CT molecular complexity index is 328. The molecule has 0 radical (unpaired) electrons. The molecule has 2 rings (SSSR count). The second-order valence-electron chi connectivity index (χ2n) is 5.28. The Balaban J connectivity index is 2.21. The van der Waals surface area contributed by atoms with Crippen molar-refractivity contribution < 1.29 is 0 Å². The van der Waals surface area contributed by atoms with Crippen molar-refractivity contribution in [2.24, 2.45) is 0 Å². The Morgan fingerprint density at radius 3 is 2.21 bits per heavy atom. The van der Waals surface area contributed by atoms with Crippen LogP contribution in [0.4, 0.5) is 0 Å². The zero-order valence-corrected chi connectivity index (χ0v) is 11.6. The SMILES string of the molecule is C[Si](C)(C)[C@]1(Br)C[C@@H]1c1ccccc1. The smallest absolute Gasteiger partial charge is 0.0642 e. The van der Waals surface area contributed by atoms with E-state index in [1.54, 1.807) is 0 Å². The number of benzene rings is 1. The molecule has 2 heteroatoms. The largest absolute Gasteiger partial charge is 0.0882 e. The highest BCUT2D eigenvalue weighted by atomic mass is 79.9. The first kappa shape index (κ1) is 10.4. The van der Waals surface area contributed by atoms with Gasteiger partial charge in [0.05, 0.1) is 8.07 Å². The van der Waals surface area contributed by atoms with Crippen LogP contribution in [-0.2, 0) is 0 Å². The van der Waals surface area contributed by atoms with Crippen LogP contribution < -0.4 is 0 Å². The summed E-state index contributed by atoms with van der Waals surface area (Å²) in [6.07, 6.45) is 1.33. The molecule has 0 bridgehead atoms. The third kappa shape index (κ3) is 1.59. The van der Waals surface area contributed by atoms with Crippen LogP contribution in [0.2, 0.25) is 19.6 Å². The van der Waals surface area contributed by atoms with Crippen LogP contribution in [0.15, 0.2) is 30.3 Å². The fourth-order valence-electron chi connectivity index (χ4n) is 2.13. The summed E-state index contributed by atoms with van der Waals surface area (Å²) in [6, 6.07) is 10.9. The van der Waals surface area contributed by atoms with Crippen molar-refractivity contribution in [1.29, 1.82) is 0 Å². The summed E-state index contributed by atoms with van der Waals surface area (Å²) in [5.74, 6) is 0.760. The van der Waals surface area contributed by atoms with Crippen molar-refractivity contribution in [3.8, 4) is 0 Å². The fourth-order valence-corrected chi connectivity index (χ4v) is 4.75. The van der Waals surface area contributed by atoms with Gasteiger partial charge in [0, 0.05) is 3.95 Å². The summed E-state index contributed by atoms with van der Waals surface area (Å²) in [5.41, 5.74) is 1.51. The van der Waals surface area contributed by atoms with Gasteiger partial charge in [-0.15, -0.1) is 0 Å². The van der Waals surface area contributed by atoms with Gasteiger partial charge in [0.25, 0.3) is 0 Å². The zero-order chi connectivity index (χ0) is 10.4. The lowest BCUT2D eigenvalue weighted by Gasteiger charge is -2.24. The molecule has 1 aliphatic carbocycles. The number of hydrogen-bond donors (Lipinski definition) is 0. The van der Waals surface area contributed by atoms with Gasteiger partial charge in [-0.3, -0.25) is 0 Å². The lowest BCUT2D eigenvalue weighted by Crippen LogP contribution is -2.36. The van der Waals surface area contributed by atoms with Gasteiger partial charge in [0.1, 0.15) is 0 Å². The Kier molecular flexibility index (Phi) is 2.39. The van der Waals surface area contributed by atoms with Crippen molar-refractivity contribution in [3.63, 3.8) is 0 Å². The molecule has 0 amide bonds. The van der Waals surface area contributed by atoms with Gasteiger partial charge in [-0.05, 0) is 17.9 Å². The molecular formula is C12H17BrSi. The molecule has 0 nitrogen and oxygen atoms in total. The number of halogens is 1. The summed E-state index contributed by atoms with van der Waals surface area (Å²) >= 11 is 3.97. The van der Waals surface area contributed by atoms with Crippen LogP contribution in [0.1, 0.15) is 17.9 Å². The lowest BCUT2D eigenvalue weighted by molar-refractivity contribution is 1.09. The highest BCUT2D eigenvalue weighted by Crippen LogP contribution is 2.62. The Morgan fingerprint density at radius 2 is 1.79 bits per heavy atom. The summed E-state index contributed by atoms with van der Waals surface area (Å²) in [6.45, 7) is 7.35. The molecule has 0 saturated heterocycles. The van der Waals surface area contributed by atoms with E-state index in [0.717, 1.165) is 5.92 Å². The first-order valence-electron chi connectivity index (χ1n) is 5.19. The predicted molar refractivity (Wildman–Crippen MR) is 68.8 cm³/mol. The standard InChI is InChI=1S/C12H17BrSi/c1-14(2,3)12(13)9-11(12)10-7-5-4-6-8-10/h4-8,11H,9H2,1-3H3/t11-,12-/m1/s1. The molecule has 0 N–H and O–H groups in total. The van der Waals surface area contributed by atoms with Gasteiger partial charge in [-0.25, -0.2) is 0 Å². The van der Waals surface area contributed by atoms with Crippen LogP contribution in [0.25, 0.3) is 0 Å². The molecule has 0 spiro atoms. The highest BCUT2D eigenvalue weighted by Gasteiger charge is 2.60. The van der Waals surface area contributed by atoms with Crippen LogP contribution >= 0.6 is 15.9 Å². The predicted octanol–water partition coefficient (Wildman–Crippen LogP) is 4.19. The van der Waals surface area contributed by atoms with Gasteiger partial charge in [-0.1, -0.05) is 65.9 Å². The van der Waals surface area contributed by atoms with E-state index < -0.39 is 8.07 Å². The van der Waals surface area contributed by atoms with Gasteiger partial charge in [-0.2, -0.15) is 0 Å². The minimum absolute atomic E-state index is 0.460. The van der Waals surface area contributed by atoms with Crippen LogP contribution in [0, 0.1) is 0 Å². The summed E-state index contributed by atoms with van der Waals surface area (Å²) < 4.78 is 0.460. The minimum Gasteiger partial charge on any atom is -0.0882 e. The van der Waals surface area contributed by atoms with E-state index in [9.17, 15) is 0 Å². The molecule has 0 heterocycles. The maximum absolute atomic E-state index is 3.97. The monoisotopic (exact) mass is 268 g/mol. The van der Waals surface area contributed by atoms with Gasteiger partial charge >= 0.3 is 0 Å². The fraction of sp³-hybridized carbons (Fsp3) is 0.500. The van der Waals surface area contributed by atoms with Gasteiger partial charge in [0.15, 0.2) is 0 Å². The van der Waals surface area contributed by atoms with Gasteiger partial charge < -0.3 is 0 Å². The molecule has 1 aliphatic rings. The van der Waals surface area contributed by atoms with Crippen molar-refractivity contribution in [3.05, 3.63) is 35.9 Å². The average Bonchev–Trinajstić information content (AvgIpc) is 2.80. The maximum atomic E-state index is 3.97. The van der Waals surface area contributed by atoms with Crippen molar-refractivity contribution in [2.75, 3.05) is 0 Å². The average molecular weight is 269 g/mol. The quantitative estimate of drug-likeness (QED) is 0.558. The van der Waals surface area contributed by atoms with E-state index in [2.05, 4.69) is 65.9 Å². The van der Waals surface area contributed by atoms with Gasteiger partial charge in [0.2, 0.25) is 0 Å². The van der Waals surface area contributed by atoms with Crippen molar-refractivity contribution >= 4 is 24.0 Å². The molecule has 0 aliphatic heterocycles. The summed E-state index contributed by atoms with van der Waals surface area (Å²) in [7, 11) is -1.08. The zero-order valence-electron chi connectivity index (χ0n) is 9.05. The van der Waals surface area contributed by atoms with Crippen LogP contribution in [-0.4, -0.2) is 12.0 Å². The highest BCUT2D eigenvalue weighted by molar-refractivity contribution is 9.10. The third-order valence-electron chi connectivity index (χ3n) is 3.34. The molecule has 1 saturated carbocycles. The van der Waals surface area contributed by atoms with E-state index in [4.69, 9.17) is 0 Å². The number of alkyl halides is 1. The Labute approximate surface area is 95.9 Å². The molecular weight excluding hydrogens is 252 g/mol. The topological polar surface area (TPSA) is 0 Å². The van der Waals surface area contributed by atoms with E-state index >= 15 is 0 Å². The second-order valence-corrected chi connectivity index (χ2v) is 12.8. The van der Waals surface area contributed by atoms with Crippen LogP contribution in [0.3, 0.4) is 0 Å². The molecule has 2 atom stereocenters. The van der Waals surface area contributed by atoms with E-state index in [1.165, 1.54) is 12.0 Å². The summed E-state index contributed by atoms with van der Waals surface area (Å²) in [4.78, 5) is 0. The number of hydrogen-bond acceptors (Lipinski definition) is 0. The molecule has 14 heavy (non-hydrogen) atoms. The van der Waals surface area contributed by atoms with Crippen LogP contribution in [0.5, 0.6) is 0 Å². The number of rotatable bonds is 2. The second kappa shape index (κ2) is 3.21. The maximum Gasteiger partial charge on any atom is 0.0642 e. The molecule has 0 aromatic heterocycles.